The van der Waals surface area contributed by atoms with Crippen LogP contribution in [0.25, 0.3) is 6.08 Å². The predicted octanol–water partition coefficient (Wildman–Crippen LogP) is 4.67. The van der Waals surface area contributed by atoms with E-state index in [9.17, 15) is 9.59 Å². The second kappa shape index (κ2) is 9.49. The third-order valence-electron chi connectivity index (χ3n) is 4.98. The van der Waals surface area contributed by atoms with Crippen molar-refractivity contribution in [2.75, 3.05) is 12.0 Å². The fourth-order valence-electron chi connectivity index (χ4n) is 3.05. The van der Waals surface area contributed by atoms with Gasteiger partial charge in [-0.25, -0.2) is 0 Å². The molecule has 0 unspecified atom stereocenters. The van der Waals surface area contributed by atoms with Crippen LogP contribution in [0.3, 0.4) is 0 Å². The molecule has 1 saturated heterocycles. The Labute approximate surface area is 191 Å². The van der Waals surface area contributed by atoms with E-state index in [1.807, 2.05) is 13.8 Å². The van der Waals surface area contributed by atoms with Gasteiger partial charge >= 0.3 is 0 Å². The largest absolute Gasteiger partial charge is 0.493 e. The van der Waals surface area contributed by atoms with Crippen molar-refractivity contribution in [2.45, 2.75) is 33.3 Å². The summed E-state index contributed by atoms with van der Waals surface area (Å²) >= 11 is 11.5. The number of nitrogens with zero attached hydrogens (tertiary/aromatic N) is 1. The van der Waals surface area contributed by atoms with Crippen LogP contribution in [-0.2, 0) is 9.59 Å². The summed E-state index contributed by atoms with van der Waals surface area (Å²) in [5.41, 5.74) is 1.76. The van der Waals surface area contributed by atoms with Crippen LogP contribution in [-0.4, -0.2) is 30.1 Å². The molecule has 162 valence electrons. The zero-order chi connectivity index (χ0) is 22.7. The lowest BCUT2D eigenvalue weighted by molar-refractivity contribution is -0.122. The highest BCUT2D eigenvalue weighted by molar-refractivity contribution is 7.80. The zero-order valence-corrected chi connectivity index (χ0v) is 19.3. The molecule has 1 fully saturated rings. The molecule has 0 spiro atoms. The molecule has 2 aromatic rings. The van der Waals surface area contributed by atoms with Gasteiger partial charge < -0.3 is 9.47 Å². The maximum atomic E-state index is 13.2. The lowest BCUT2D eigenvalue weighted by Crippen LogP contribution is -2.54. The van der Waals surface area contributed by atoms with Gasteiger partial charge in [-0.3, -0.25) is 19.8 Å². The second-order valence-electron chi connectivity index (χ2n) is 7.09. The number of rotatable bonds is 6. The van der Waals surface area contributed by atoms with Gasteiger partial charge in [0, 0.05) is 5.02 Å². The fraction of sp³-hybridized carbons (Fsp3) is 0.261. The lowest BCUT2D eigenvalue weighted by atomic mass is 10.1. The van der Waals surface area contributed by atoms with Crippen molar-refractivity contribution < 1.29 is 19.1 Å². The van der Waals surface area contributed by atoms with Crippen molar-refractivity contribution in [1.29, 1.82) is 0 Å². The molecule has 1 aliphatic heterocycles. The second-order valence-corrected chi connectivity index (χ2v) is 7.88. The molecule has 2 amide bonds. The van der Waals surface area contributed by atoms with Gasteiger partial charge in [0.2, 0.25) is 0 Å². The summed E-state index contributed by atoms with van der Waals surface area (Å²) in [5, 5.41) is 3.08. The number of carbonyl (C=O) groups is 2. The first kappa shape index (κ1) is 22.8. The summed E-state index contributed by atoms with van der Waals surface area (Å²) in [6.07, 6.45) is 2.38. The topological polar surface area (TPSA) is 67.9 Å². The van der Waals surface area contributed by atoms with E-state index in [4.69, 9.17) is 33.3 Å². The first-order valence-corrected chi connectivity index (χ1v) is 10.6. The predicted molar refractivity (Wildman–Crippen MR) is 126 cm³/mol. The summed E-state index contributed by atoms with van der Waals surface area (Å²) in [7, 11) is 1.54. The van der Waals surface area contributed by atoms with Crippen LogP contribution in [0.4, 0.5) is 5.69 Å². The van der Waals surface area contributed by atoms with Crippen LogP contribution >= 0.6 is 23.8 Å². The number of benzene rings is 2. The monoisotopic (exact) mass is 458 g/mol. The third-order valence-corrected chi connectivity index (χ3v) is 5.68. The quantitative estimate of drug-likeness (QED) is 0.387. The Balaban J connectivity index is 1.99. The van der Waals surface area contributed by atoms with Crippen molar-refractivity contribution in [2.24, 2.45) is 0 Å². The van der Waals surface area contributed by atoms with E-state index in [0.29, 0.717) is 33.3 Å². The highest BCUT2D eigenvalue weighted by Gasteiger charge is 2.35. The minimum Gasteiger partial charge on any atom is -0.493 e. The van der Waals surface area contributed by atoms with E-state index in [2.05, 4.69) is 5.32 Å². The average Bonchev–Trinajstić information content (AvgIpc) is 2.74. The normalized spacial score (nSPS) is 16.4. The molecule has 2 aromatic carbocycles. The van der Waals surface area contributed by atoms with Crippen LogP contribution in [0.5, 0.6) is 11.5 Å². The number of methoxy groups -OCH3 is 1. The number of thiocarbonyl (C=S) groups is 1. The number of halogens is 1. The number of hydrogen-bond acceptors (Lipinski definition) is 5. The molecular weight excluding hydrogens is 436 g/mol. The Morgan fingerprint density at radius 1 is 1.23 bits per heavy atom. The molecule has 0 saturated carbocycles. The molecule has 0 radical (unpaired) electrons. The van der Waals surface area contributed by atoms with Crippen LogP contribution in [0.1, 0.15) is 31.4 Å². The number of carbonyl (C=O) groups excluding carboxylic acids is 2. The molecule has 1 atom stereocenters. The minimum atomic E-state index is -0.565. The molecule has 0 aliphatic carbocycles. The van der Waals surface area contributed by atoms with E-state index in [1.54, 1.807) is 43.3 Å². The van der Waals surface area contributed by atoms with Crippen LogP contribution in [0.15, 0.2) is 42.0 Å². The van der Waals surface area contributed by atoms with E-state index in [1.165, 1.54) is 18.1 Å². The maximum Gasteiger partial charge on any atom is 0.270 e. The van der Waals surface area contributed by atoms with Gasteiger partial charge in [0.05, 0.1) is 18.9 Å². The molecule has 0 bridgehead atoms. The van der Waals surface area contributed by atoms with Gasteiger partial charge in [-0.2, -0.15) is 0 Å². The number of ether oxygens (including phenoxy) is 2. The zero-order valence-electron chi connectivity index (χ0n) is 17.7. The van der Waals surface area contributed by atoms with Gasteiger partial charge in [-0.05, 0) is 74.0 Å². The smallest absolute Gasteiger partial charge is 0.270 e. The van der Waals surface area contributed by atoms with E-state index in [-0.39, 0.29) is 16.8 Å². The van der Waals surface area contributed by atoms with Crippen LogP contribution < -0.4 is 19.7 Å². The Morgan fingerprint density at radius 3 is 2.65 bits per heavy atom. The molecule has 6 nitrogen and oxygen atoms in total. The molecule has 31 heavy (non-hydrogen) atoms. The van der Waals surface area contributed by atoms with Gasteiger partial charge in [-0.15, -0.1) is 0 Å². The summed E-state index contributed by atoms with van der Waals surface area (Å²) < 4.78 is 11.3. The average molecular weight is 459 g/mol. The van der Waals surface area contributed by atoms with Gasteiger partial charge in [0.15, 0.2) is 16.6 Å². The summed E-state index contributed by atoms with van der Waals surface area (Å²) in [6.45, 7) is 5.78. The Bertz CT molecular complexity index is 1080. The summed E-state index contributed by atoms with van der Waals surface area (Å²) in [6, 6.07) is 10.4. The van der Waals surface area contributed by atoms with Crippen LogP contribution in [0.2, 0.25) is 5.02 Å². The molecule has 3 rings (SSSR count). The highest BCUT2D eigenvalue weighted by Crippen LogP contribution is 2.32. The molecule has 1 heterocycles. The Hall–Kier alpha value is -2.90. The molecule has 1 N–H and O–H groups in total. The van der Waals surface area contributed by atoms with Gasteiger partial charge in [0.25, 0.3) is 11.8 Å². The number of anilines is 1. The van der Waals surface area contributed by atoms with Crippen molar-refractivity contribution >= 4 is 52.5 Å². The summed E-state index contributed by atoms with van der Waals surface area (Å²) in [4.78, 5) is 27.1. The Morgan fingerprint density at radius 2 is 1.97 bits per heavy atom. The highest BCUT2D eigenvalue weighted by atomic mass is 35.5. The number of amides is 2. The van der Waals surface area contributed by atoms with E-state index >= 15 is 0 Å². The maximum absolute atomic E-state index is 13.2. The van der Waals surface area contributed by atoms with Crippen molar-refractivity contribution in [3.63, 3.8) is 0 Å². The molecule has 8 heteroatoms. The molecular formula is C23H23ClN2O4S. The molecule has 1 aliphatic rings. The third kappa shape index (κ3) is 4.73. The summed E-state index contributed by atoms with van der Waals surface area (Å²) in [5.74, 6) is 0.00926. The van der Waals surface area contributed by atoms with Gasteiger partial charge in [-0.1, -0.05) is 30.7 Å². The first-order valence-electron chi connectivity index (χ1n) is 9.78. The number of hydrogen-bond donors (Lipinski definition) is 1. The van der Waals surface area contributed by atoms with Crippen molar-refractivity contribution in [3.05, 3.63) is 58.1 Å². The van der Waals surface area contributed by atoms with Crippen LogP contribution in [0, 0.1) is 6.92 Å². The molecule has 0 aromatic heterocycles. The SMILES string of the molecule is CC[C@H](C)Oc1ccc(/C=C2\C(=O)NC(=S)N(c3cccc(Cl)c3C)C2=O)cc1OC. The van der Waals surface area contributed by atoms with Crippen molar-refractivity contribution in [3.8, 4) is 11.5 Å². The van der Waals surface area contributed by atoms with E-state index in [0.717, 1.165) is 6.42 Å². The first-order chi connectivity index (χ1) is 14.8. The van der Waals surface area contributed by atoms with E-state index < -0.39 is 11.8 Å². The van der Waals surface area contributed by atoms with Crippen molar-refractivity contribution in [1.82, 2.24) is 5.32 Å². The standard InChI is InChI=1S/C23H23ClN2O4S/c1-5-13(2)30-19-10-9-15(12-20(19)29-4)11-16-21(27)25-23(31)26(22(16)28)18-8-6-7-17(24)14(18)3/h6-13H,5H2,1-4H3,(H,25,27,31)/b16-11+/t13-/m0/s1. The minimum absolute atomic E-state index is 0.00685. The fourth-order valence-corrected chi connectivity index (χ4v) is 3.50. The number of nitrogens with one attached hydrogen (secondary N) is 1. The van der Waals surface area contributed by atoms with Gasteiger partial charge in [0.1, 0.15) is 5.57 Å². The lowest BCUT2D eigenvalue weighted by Gasteiger charge is -2.30. The Kier molecular flexibility index (Phi) is 6.97.